The maximum atomic E-state index is 11.9. The standard InChI is InChI=1S/C18H22N2O3/c1-22-16-7-3-5-14(11-16)9-10-19-13-18(21)20-15-6-4-8-17(12-15)23-2/h3-8,11-12,19H,9-10,13H2,1-2H3,(H,20,21). The highest BCUT2D eigenvalue weighted by Gasteiger charge is 2.03. The Morgan fingerprint density at radius 1 is 1.00 bits per heavy atom. The molecule has 0 radical (unpaired) electrons. The number of anilines is 1. The fraction of sp³-hybridized carbons (Fsp3) is 0.278. The van der Waals surface area contributed by atoms with Crippen LogP contribution in [0.25, 0.3) is 0 Å². The van der Waals surface area contributed by atoms with Crippen LogP contribution in [0.1, 0.15) is 5.56 Å². The van der Waals surface area contributed by atoms with Crippen LogP contribution in [0.4, 0.5) is 5.69 Å². The quantitative estimate of drug-likeness (QED) is 0.735. The van der Waals surface area contributed by atoms with Crippen LogP contribution in [0.2, 0.25) is 0 Å². The van der Waals surface area contributed by atoms with Crippen LogP contribution in [0, 0.1) is 0 Å². The molecule has 2 aromatic rings. The van der Waals surface area contributed by atoms with E-state index >= 15 is 0 Å². The van der Waals surface area contributed by atoms with Gasteiger partial charge in [-0.2, -0.15) is 0 Å². The zero-order valence-electron chi connectivity index (χ0n) is 13.5. The molecule has 2 rings (SSSR count). The Morgan fingerprint density at radius 3 is 2.43 bits per heavy atom. The van der Waals surface area contributed by atoms with Gasteiger partial charge < -0.3 is 20.1 Å². The van der Waals surface area contributed by atoms with Crippen molar-refractivity contribution in [3.8, 4) is 11.5 Å². The zero-order chi connectivity index (χ0) is 16.5. The molecule has 122 valence electrons. The molecule has 0 heterocycles. The smallest absolute Gasteiger partial charge is 0.238 e. The van der Waals surface area contributed by atoms with Crippen molar-refractivity contribution in [1.29, 1.82) is 0 Å². The predicted octanol–water partition coefficient (Wildman–Crippen LogP) is 2.47. The molecule has 2 N–H and O–H groups in total. The predicted molar refractivity (Wildman–Crippen MR) is 91.2 cm³/mol. The van der Waals surface area contributed by atoms with Crippen LogP contribution in [-0.4, -0.2) is 33.2 Å². The summed E-state index contributed by atoms with van der Waals surface area (Å²) in [6.07, 6.45) is 0.837. The number of rotatable bonds is 8. The van der Waals surface area contributed by atoms with Crippen LogP contribution in [0.5, 0.6) is 11.5 Å². The van der Waals surface area contributed by atoms with Crippen LogP contribution in [0.3, 0.4) is 0 Å². The minimum atomic E-state index is -0.0797. The molecule has 5 heteroatoms. The summed E-state index contributed by atoms with van der Waals surface area (Å²) < 4.78 is 10.3. The molecule has 1 amide bonds. The molecule has 0 unspecified atom stereocenters. The third-order valence-corrected chi connectivity index (χ3v) is 3.36. The molecule has 23 heavy (non-hydrogen) atoms. The summed E-state index contributed by atoms with van der Waals surface area (Å²) >= 11 is 0. The Labute approximate surface area is 136 Å². The molecule has 0 aliphatic rings. The second-order valence-corrected chi connectivity index (χ2v) is 5.06. The first-order chi connectivity index (χ1) is 11.2. The Hall–Kier alpha value is -2.53. The second kappa shape index (κ2) is 8.80. The van der Waals surface area contributed by atoms with E-state index in [1.807, 2.05) is 42.5 Å². The van der Waals surface area contributed by atoms with Crippen LogP contribution in [-0.2, 0) is 11.2 Å². The minimum Gasteiger partial charge on any atom is -0.497 e. The molecule has 0 aliphatic carbocycles. The molecule has 0 fully saturated rings. The Kier molecular flexibility index (Phi) is 6.44. The zero-order valence-corrected chi connectivity index (χ0v) is 13.5. The molecule has 0 atom stereocenters. The van der Waals surface area contributed by atoms with E-state index < -0.39 is 0 Å². The molecule has 0 spiro atoms. The van der Waals surface area contributed by atoms with Crippen molar-refractivity contribution >= 4 is 11.6 Å². The van der Waals surface area contributed by atoms with E-state index in [2.05, 4.69) is 10.6 Å². The molecular formula is C18H22N2O3. The number of methoxy groups -OCH3 is 2. The lowest BCUT2D eigenvalue weighted by atomic mass is 10.1. The van der Waals surface area contributed by atoms with Gasteiger partial charge in [-0.15, -0.1) is 0 Å². The average Bonchev–Trinajstić information content (AvgIpc) is 2.59. The van der Waals surface area contributed by atoms with Gasteiger partial charge in [0.1, 0.15) is 11.5 Å². The fourth-order valence-electron chi connectivity index (χ4n) is 2.17. The van der Waals surface area contributed by atoms with Crippen molar-refractivity contribution < 1.29 is 14.3 Å². The Balaban J connectivity index is 1.72. The Morgan fingerprint density at radius 2 is 1.70 bits per heavy atom. The SMILES string of the molecule is COc1cccc(CCNCC(=O)Nc2cccc(OC)c2)c1. The highest BCUT2D eigenvalue weighted by atomic mass is 16.5. The van der Waals surface area contributed by atoms with Crippen molar-refractivity contribution in [1.82, 2.24) is 5.32 Å². The van der Waals surface area contributed by atoms with Gasteiger partial charge in [0.2, 0.25) is 5.91 Å². The summed E-state index contributed by atoms with van der Waals surface area (Å²) in [5, 5.41) is 5.97. The van der Waals surface area contributed by atoms with E-state index in [4.69, 9.17) is 9.47 Å². The summed E-state index contributed by atoms with van der Waals surface area (Å²) in [5.41, 5.74) is 1.90. The van der Waals surface area contributed by atoms with E-state index in [1.165, 1.54) is 5.56 Å². The summed E-state index contributed by atoms with van der Waals surface area (Å²) in [6.45, 7) is 0.986. The van der Waals surface area contributed by atoms with Gasteiger partial charge in [0.05, 0.1) is 20.8 Å². The lowest BCUT2D eigenvalue weighted by molar-refractivity contribution is -0.115. The number of ether oxygens (including phenoxy) is 2. The topological polar surface area (TPSA) is 59.6 Å². The van der Waals surface area contributed by atoms with Crippen LogP contribution < -0.4 is 20.1 Å². The largest absolute Gasteiger partial charge is 0.497 e. The van der Waals surface area contributed by atoms with E-state index in [0.717, 1.165) is 24.4 Å². The van der Waals surface area contributed by atoms with E-state index in [1.54, 1.807) is 20.3 Å². The number of hydrogen-bond donors (Lipinski definition) is 2. The number of carbonyl (C=O) groups excluding carboxylic acids is 1. The number of hydrogen-bond acceptors (Lipinski definition) is 4. The normalized spacial score (nSPS) is 10.2. The third-order valence-electron chi connectivity index (χ3n) is 3.36. The highest BCUT2D eigenvalue weighted by molar-refractivity contribution is 5.92. The van der Waals surface area contributed by atoms with Crippen LogP contribution in [0.15, 0.2) is 48.5 Å². The van der Waals surface area contributed by atoms with Gasteiger partial charge in [-0.1, -0.05) is 18.2 Å². The maximum Gasteiger partial charge on any atom is 0.238 e. The molecule has 0 aromatic heterocycles. The number of nitrogens with one attached hydrogen (secondary N) is 2. The molecule has 0 saturated carbocycles. The summed E-state index contributed by atoms with van der Waals surface area (Å²) in [4.78, 5) is 11.9. The van der Waals surface area contributed by atoms with Crippen LogP contribution >= 0.6 is 0 Å². The molecule has 0 saturated heterocycles. The molecule has 5 nitrogen and oxygen atoms in total. The fourth-order valence-corrected chi connectivity index (χ4v) is 2.17. The van der Waals surface area contributed by atoms with Gasteiger partial charge in [-0.3, -0.25) is 4.79 Å². The molecule has 0 bridgehead atoms. The number of benzene rings is 2. The van der Waals surface area contributed by atoms with Gasteiger partial charge >= 0.3 is 0 Å². The minimum absolute atomic E-state index is 0.0797. The molecular weight excluding hydrogens is 292 g/mol. The van der Waals surface area contributed by atoms with Crippen molar-refractivity contribution in [3.63, 3.8) is 0 Å². The van der Waals surface area contributed by atoms with Crippen molar-refractivity contribution in [2.24, 2.45) is 0 Å². The summed E-state index contributed by atoms with van der Waals surface area (Å²) in [6, 6.07) is 15.2. The van der Waals surface area contributed by atoms with Gasteiger partial charge in [-0.05, 0) is 42.8 Å². The number of amides is 1. The van der Waals surface area contributed by atoms with Gasteiger partial charge in [0, 0.05) is 11.8 Å². The van der Waals surface area contributed by atoms with E-state index in [0.29, 0.717) is 5.75 Å². The van der Waals surface area contributed by atoms with Gasteiger partial charge in [0.15, 0.2) is 0 Å². The summed E-state index contributed by atoms with van der Waals surface area (Å²) in [5.74, 6) is 1.48. The second-order valence-electron chi connectivity index (χ2n) is 5.06. The summed E-state index contributed by atoms with van der Waals surface area (Å²) in [7, 11) is 3.25. The van der Waals surface area contributed by atoms with Crippen molar-refractivity contribution in [3.05, 3.63) is 54.1 Å². The highest BCUT2D eigenvalue weighted by Crippen LogP contribution is 2.16. The van der Waals surface area contributed by atoms with Crippen molar-refractivity contribution in [2.45, 2.75) is 6.42 Å². The first-order valence-electron chi connectivity index (χ1n) is 7.49. The molecule has 0 aliphatic heterocycles. The van der Waals surface area contributed by atoms with Gasteiger partial charge in [0.25, 0.3) is 0 Å². The number of carbonyl (C=O) groups is 1. The average molecular weight is 314 g/mol. The Bertz CT molecular complexity index is 644. The van der Waals surface area contributed by atoms with E-state index in [9.17, 15) is 4.79 Å². The van der Waals surface area contributed by atoms with E-state index in [-0.39, 0.29) is 12.5 Å². The lowest BCUT2D eigenvalue weighted by Gasteiger charge is -2.08. The monoisotopic (exact) mass is 314 g/mol. The first kappa shape index (κ1) is 16.8. The first-order valence-corrected chi connectivity index (χ1v) is 7.49. The maximum absolute atomic E-state index is 11.9. The van der Waals surface area contributed by atoms with Gasteiger partial charge in [-0.25, -0.2) is 0 Å². The third kappa shape index (κ3) is 5.64. The van der Waals surface area contributed by atoms with Crippen molar-refractivity contribution in [2.75, 3.05) is 32.6 Å². The molecule has 2 aromatic carbocycles. The lowest BCUT2D eigenvalue weighted by Crippen LogP contribution is -2.29.